The molecule has 0 aliphatic carbocycles. The molecule has 0 fully saturated rings. The number of ether oxygens (including phenoxy) is 2. The predicted molar refractivity (Wildman–Crippen MR) is 130 cm³/mol. The maximum absolute atomic E-state index is 12.5. The van der Waals surface area contributed by atoms with Crippen LogP contribution in [0.25, 0.3) is 6.08 Å². The van der Waals surface area contributed by atoms with E-state index in [0.29, 0.717) is 36.0 Å². The van der Waals surface area contributed by atoms with Gasteiger partial charge in [-0.1, -0.05) is 62.8 Å². The third-order valence-electron chi connectivity index (χ3n) is 5.01. The summed E-state index contributed by atoms with van der Waals surface area (Å²) in [5, 5.41) is 12.3. The molecule has 2 aromatic rings. The summed E-state index contributed by atoms with van der Waals surface area (Å²) in [6.07, 6.45) is 8.78. The van der Waals surface area contributed by atoms with Gasteiger partial charge in [-0.2, -0.15) is 5.26 Å². The number of nitriles is 1. The van der Waals surface area contributed by atoms with Crippen molar-refractivity contribution in [3.63, 3.8) is 0 Å². The fourth-order valence-electron chi connectivity index (χ4n) is 3.22. The van der Waals surface area contributed by atoms with Gasteiger partial charge in [0, 0.05) is 5.69 Å². The van der Waals surface area contributed by atoms with Gasteiger partial charge in [-0.05, 0) is 56.2 Å². The molecule has 0 saturated carbocycles. The number of anilines is 1. The molecular formula is C27H34N2O3. The monoisotopic (exact) mass is 434 g/mol. The molecule has 0 spiro atoms. The van der Waals surface area contributed by atoms with E-state index in [4.69, 9.17) is 9.47 Å². The van der Waals surface area contributed by atoms with Crippen molar-refractivity contribution in [1.29, 1.82) is 5.26 Å². The lowest BCUT2D eigenvalue weighted by molar-refractivity contribution is -0.112. The highest BCUT2D eigenvalue weighted by atomic mass is 16.5. The molecule has 170 valence electrons. The Labute approximate surface area is 192 Å². The lowest BCUT2D eigenvalue weighted by atomic mass is 10.1. The van der Waals surface area contributed by atoms with Gasteiger partial charge in [-0.3, -0.25) is 4.79 Å². The molecule has 0 atom stereocenters. The van der Waals surface area contributed by atoms with E-state index in [-0.39, 0.29) is 5.57 Å². The smallest absolute Gasteiger partial charge is 0.266 e. The van der Waals surface area contributed by atoms with E-state index in [1.54, 1.807) is 12.1 Å². The van der Waals surface area contributed by atoms with Crippen molar-refractivity contribution < 1.29 is 14.3 Å². The summed E-state index contributed by atoms with van der Waals surface area (Å²) < 4.78 is 11.7. The molecule has 0 unspecified atom stereocenters. The van der Waals surface area contributed by atoms with E-state index in [1.165, 1.54) is 25.7 Å². The highest BCUT2D eigenvalue weighted by Gasteiger charge is 2.11. The molecule has 1 amide bonds. The van der Waals surface area contributed by atoms with Gasteiger partial charge in [-0.15, -0.1) is 0 Å². The Morgan fingerprint density at radius 3 is 2.38 bits per heavy atom. The van der Waals surface area contributed by atoms with Crippen molar-refractivity contribution in [3.8, 4) is 17.6 Å². The summed E-state index contributed by atoms with van der Waals surface area (Å²) in [5.74, 6) is 0.848. The van der Waals surface area contributed by atoms with Crippen molar-refractivity contribution in [3.05, 3.63) is 59.2 Å². The number of rotatable bonds is 13. The van der Waals surface area contributed by atoms with E-state index in [0.717, 1.165) is 18.4 Å². The Balaban J connectivity index is 2.03. The molecule has 0 saturated heterocycles. The molecular weight excluding hydrogens is 400 g/mol. The first-order chi connectivity index (χ1) is 15.6. The normalized spacial score (nSPS) is 11.0. The second kappa shape index (κ2) is 13.9. The second-order valence-electron chi connectivity index (χ2n) is 7.75. The average Bonchev–Trinajstić information content (AvgIpc) is 2.79. The van der Waals surface area contributed by atoms with E-state index in [1.807, 2.05) is 56.3 Å². The number of unbranched alkanes of at least 4 members (excludes halogenated alkanes) is 5. The molecule has 0 heterocycles. The number of hydrogen-bond acceptors (Lipinski definition) is 4. The summed E-state index contributed by atoms with van der Waals surface area (Å²) in [6.45, 7) is 7.25. The lowest BCUT2D eigenvalue weighted by Gasteiger charge is -2.13. The van der Waals surface area contributed by atoms with Crippen LogP contribution in [0.1, 0.15) is 63.5 Å². The van der Waals surface area contributed by atoms with Crippen LogP contribution in [-0.2, 0) is 4.79 Å². The topological polar surface area (TPSA) is 71.3 Å². The van der Waals surface area contributed by atoms with Crippen molar-refractivity contribution >= 4 is 17.7 Å². The quantitative estimate of drug-likeness (QED) is 0.217. The Hall–Kier alpha value is -3.26. The van der Waals surface area contributed by atoms with Crippen LogP contribution in [0.3, 0.4) is 0 Å². The van der Waals surface area contributed by atoms with Crippen LogP contribution in [0.4, 0.5) is 5.69 Å². The second-order valence-corrected chi connectivity index (χ2v) is 7.75. The molecule has 2 rings (SSSR count). The maximum atomic E-state index is 12.5. The summed E-state index contributed by atoms with van der Waals surface area (Å²) in [6, 6.07) is 14.9. The molecule has 0 aliphatic rings. The van der Waals surface area contributed by atoms with Crippen molar-refractivity contribution in [2.45, 2.75) is 59.3 Å². The number of carbonyl (C=O) groups excluding carboxylic acids is 1. The highest BCUT2D eigenvalue weighted by molar-refractivity contribution is 6.09. The number of amides is 1. The van der Waals surface area contributed by atoms with Gasteiger partial charge >= 0.3 is 0 Å². The van der Waals surface area contributed by atoms with Crippen molar-refractivity contribution in [2.24, 2.45) is 0 Å². The number of benzene rings is 2. The number of nitrogens with one attached hydrogen (secondary N) is 1. The molecule has 0 bridgehead atoms. The highest BCUT2D eigenvalue weighted by Crippen LogP contribution is 2.30. The van der Waals surface area contributed by atoms with Gasteiger partial charge in [0.25, 0.3) is 5.91 Å². The Morgan fingerprint density at radius 2 is 1.69 bits per heavy atom. The summed E-state index contributed by atoms with van der Waals surface area (Å²) in [7, 11) is 0. The van der Waals surface area contributed by atoms with Crippen LogP contribution in [0.2, 0.25) is 0 Å². The van der Waals surface area contributed by atoms with Crippen molar-refractivity contribution in [2.75, 3.05) is 18.5 Å². The first-order valence-electron chi connectivity index (χ1n) is 11.5. The maximum Gasteiger partial charge on any atom is 0.266 e. The molecule has 0 aromatic heterocycles. The van der Waals surface area contributed by atoms with Gasteiger partial charge in [-0.25, -0.2) is 0 Å². The Bertz CT molecular complexity index is 927. The number of nitrogens with zero attached hydrogens (tertiary/aromatic N) is 1. The minimum absolute atomic E-state index is 0.0220. The van der Waals surface area contributed by atoms with Gasteiger partial charge in [0.2, 0.25) is 0 Å². The van der Waals surface area contributed by atoms with E-state index < -0.39 is 5.91 Å². The minimum Gasteiger partial charge on any atom is -0.490 e. The fraction of sp³-hybridized carbons (Fsp3) is 0.407. The third-order valence-corrected chi connectivity index (χ3v) is 5.01. The van der Waals surface area contributed by atoms with Crippen LogP contribution < -0.4 is 14.8 Å². The minimum atomic E-state index is -0.447. The van der Waals surface area contributed by atoms with Gasteiger partial charge < -0.3 is 14.8 Å². The lowest BCUT2D eigenvalue weighted by Crippen LogP contribution is -2.13. The van der Waals surface area contributed by atoms with Gasteiger partial charge in [0.05, 0.1) is 13.2 Å². The molecule has 0 aliphatic heterocycles. The van der Waals surface area contributed by atoms with Crippen LogP contribution in [0.5, 0.6) is 11.5 Å². The predicted octanol–water partition coefficient (Wildman–Crippen LogP) is 6.68. The zero-order valence-electron chi connectivity index (χ0n) is 19.4. The summed E-state index contributed by atoms with van der Waals surface area (Å²) >= 11 is 0. The van der Waals surface area contributed by atoms with Crippen LogP contribution in [0.15, 0.2) is 48.0 Å². The third kappa shape index (κ3) is 8.47. The first kappa shape index (κ1) is 25.0. The van der Waals surface area contributed by atoms with Crippen molar-refractivity contribution in [1.82, 2.24) is 0 Å². The first-order valence-corrected chi connectivity index (χ1v) is 11.5. The number of hydrogen-bond donors (Lipinski definition) is 1. The molecule has 5 nitrogen and oxygen atoms in total. The van der Waals surface area contributed by atoms with E-state index >= 15 is 0 Å². The van der Waals surface area contributed by atoms with E-state index in [2.05, 4.69) is 12.2 Å². The largest absolute Gasteiger partial charge is 0.490 e. The standard InChI is InChI=1S/C27H34N2O3/c1-4-6-7-8-9-10-17-32-25-16-13-22(19-26(25)31-5-2)18-23(20-28)27(30)29-24-14-11-21(3)12-15-24/h11-16,18-19H,4-10,17H2,1-3H3,(H,29,30)/b23-18-. The van der Waals surface area contributed by atoms with Crippen LogP contribution in [0, 0.1) is 18.3 Å². The van der Waals surface area contributed by atoms with E-state index in [9.17, 15) is 10.1 Å². The number of carbonyl (C=O) groups is 1. The molecule has 0 radical (unpaired) electrons. The van der Waals surface area contributed by atoms with Crippen LogP contribution >= 0.6 is 0 Å². The van der Waals surface area contributed by atoms with Crippen LogP contribution in [-0.4, -0.2) is 19.1 Å². The molecule has 1 N–H and O–H groups in total. The zero-order valence-corrected chi connectivity index (χ0v) is 19.4. The molecule has 5 heteroatoms. The Morgan fingerprint density at radius 1 is 0.969 bits per heavy atom. The SMILES string of the molecule is CCCCCCCCOc1ccc(/C=C(/C#N)C(=O)Nc2ccc(C)cc2)cc1OCC. The zero-order chi connectivity index (χ0) is 23.2. The Kier molecular flexibility index (Phi) is 10.9. The fourth-order valence-corrected chi connectivity index (χ4v) is 3.22. The average molecular weight is 435 g/mol. The number of aryl methyl sites for hydroxylation is 1. The molecule has 2 aromatic carbocycles. The van der Waals surface area contributed by atoms with Gasteiger partial charge in [0.1, 0.15) is 11.6 Å². The summed E-state index contributed by atoms with van der Waals surface area (Å²) in [4.78, 5) is 12.5. The summed E-state index contributed by atoms with van der Waals surface area (Å²) in [5.41, 5.74) is 2.47. The molecule has 32 heavy (non-hydrogen) atoms. The van der Waals surface area contributed by atoms with Gasteiger partial charge in [0.15, 0.2) is 11.5 Å².